The number of ether oxygens (including phenoxy) is 2. The molecule has 0 amide bonds. The van der Waals surface area contributed by atoms with Gasteiger partial charge in [-0.1, -0.05) is 63.6 Å². The summed E-state index contributed by atoms with van der Waals surface area (Å²) >= 11 is 0. The lowest BCUT2D eigenvalue weighted by molar-refractivity contribution is -0.184. The summed E-state index contributed by atoms with van der Waals surface area (Å²) < 4.78 is 11.0. The Labute approximate surface area is 140 Å². The highest BCUT2D eigenvalue weighted by Gasteiger charge is 2.29. The molecular formula is C19H32O4. The zero-order valence-corrected chi connectivity index (χ0v) is 14.4. The lowest BCUT2D eigenvalue weighted by Gasteiger charge is -2.29. The number of para-hydroxylation sites is 1. The molecule has 23 heavy (non-hydrogen) atoms. The van der Waals surface area contributed by atoms with Gasteiger partial charge in [0.1, 0.15) is 12.4 Å². The van der Waals surface area contributed by atoms with Gasteiger partial charge in [-0.2, -0.15) is 0 Å². The number of rotatable bonds is 14. The minimum Gasteiger partial charge on any atom is -0.460 e. The van der Waals surface area contributed by atoms with Crippen molar-refractivity contribution in [1.82, 2.24) is 0 Å². The predicted molar refractivity (Wildman–Crippen MR) is 92.5 cm³/mol. The van der Waals surface area contributed by atoms with E-state index in [2.05, 4.69) is 6.92 Å². The molecule has 1 unspecified atom stereocenters. The van der Waals surface area contributed by atoms with Gasteiger partial charge in [0.2, 0.25) is 5.79 Å². The lowest BCUT2D eigenvalue weighted by atomic mass is 10.0. The monoisotopic (exact) mass is 324 g/mol. The van der Waals surface area contributed by atoms with Crippen molar-refractivity contribution in [3.05, 3.63) is 30.3 Å². The van der Waals surface area contributed by atoms with Gasteiger partial charge in [-0.3, -0.25) is 0 Å². The van der Waals surface area contributed by atoms with Crippen molar-refractivity contribution in [2.75, 3.05) is 19.8 Å². The topological polar surface area (TPSA) is 58.9 Å². The Morgan fingerprint density at radius 1 is 0.957 bits per heavy atom. The normalized spacial score (nSPS) is 13.7. The minimum atomic E-state index is -1.33. The molecule has 1 atom stereocenters. The smallest absolute Gasteiger partial charge is 0.231 e. The quantitative estimate of drug-likeness (QED) is 0.402. The van der Waals surface area contributed by atoms with E-state index in [-0.39, 0.29) is 19.8 Å². The van der Waals surface area contributed by atoms with Crippen molar-refractivity contribution in [2.24, 2.45) is 0 Å². The molecular weight excluding hydrogens is 292 g/mol. The summed E-state index contributed by atoms with van der Waals surface area (Å²) in [6.45, 7) is 2.43. The van der Waals surface area contributed by atoms with Crippen LogP contribution < -0.4 is 4.74 Å². The van der Waals surface area contributed by atoms with Gasteiger partial charge in [0.05, 0.1) is 13.2 Å². The minimum absolute atomic E-state index is 0.0567. The van der Waals surface area contributed by atoms with Gasteiger partial charge in [-0.25, -0.2) is 0 Å². The highest BCUT2D eigenvalue weighted by molar-refractivity contribution is 5.21. The SMILES string of the molecule is CCCCCCCCCC(O)(COCCO)Oc1ccccc1. The van der Waals surface area contributed by atoms with Crippen LogP contribution in [-0.2, 0) is 4.74 Å². The molecule has 0 aliphatic carbocycles. The number of hydrogen-bond acceptors (Lipinski definition) is 4. The van der Waals surface area contributed by atoms with Gasteiger partial charge in [0.15, 0.2) is 0 Å². The van der Waals surface area contributed by atoms with Crippen molar-refractivity contribution in [2.45, 2.75) is 64.1 Å². The van der Waals surface area contributed by atoms with E-state index < -0.39 is 5.79 Å². The van der Waals surface area contributed by atoms with Gasteiger partial charge in [0.25, 0.3) is 0 Å². The number of benzene rings is 1. The third-order valence-electron chi connectivity index (χ3n) is 3.79. The van der Waals surface area contributed by atoms with Crippen molar-refractivity contribution in [3.63, 3.8) is 0 Å². The van der Waals surface area contributed by atoms with E-state index in [0.717, 1.165) is 12.8 Å². The van der Waals surface area contributed by atoms with E-state index in [0.29, 0.717) is 12.2 Å². The van der Waals surface area contributed by atoms with Crippen LogP contribution in [0.15, 0.2) is 30.3 Å². The van der Waals surface area contributed by atoms with Crippen LogP contribution in [0.4, 0.5) is 0 Å². The second-order valence-corrected chi connectivity index (χ2v) is 6.01. The molecule has 4 nitrogen and oxygen atoms in total. The first-order valence-electron chi connectivity index (χ1n) is 8.85. The number of aliphatic hydroxyl groups is 2. The highest BCUT2D eigenvalue weighted by Crippen LogP contribution is 2.22. The van der Waals surface area contributed by atoms with E-state index >= 15 is 0 Å². The molecule has 0 saturated carbocycles. The van der Waals surface area contributed by atoms with Crippen LogP contribution in [0.2, 0.25) is 0 Å². The molecule has 0 bridgehead atoms. The first kappa shape index (κ1) is 19.9. The zero-order chi connectivity index (χ0) is 16.8. The summed E-state index contributed by atoms with van der Waals surface area (Å²) in [5.74, 6) is -0.703. The van der Waals surface area contributed by atoms with E-state index in [1.807, 2.05) is 30.3 Å². The molecule has 0 saturated heterocycles. The molecule has 0 aliphatic rings. The van der Waals surface area contributed by atoms with Gasteiger partial charge >= 0.3 is 0 Å². The van der Waals surface area contributed by atoms with Gasteiger partial charge < -0.3 is 19.7 Å². The third kappa shape index (κ3) is 9.59. The molecule has 0 radical (unpaired) electrons. The van der Waals surface area contributed by atoms with E-state index in [1.165, 1.54) is 32.1 Å². The third-order valence-corrected chi connectivity index (χ3v) is 3.79. The predicted octanol–water partition coefficient (Wildman–Crippen LogP) is 3.90. The van der Waals surface area contributed by atoms with Crippen molar-refractivity contribution >= 4 is 0 Å². The maximum Gasteiger partial charge on any atom is 0.231 e. The summed E-state index contributed by atoms with van der Waals surface area (Å²) in [6.07, 6.45) is 8.82. The molecule has 0 aliphatic heterocycles. The second-order valence-electron chi connectivity index (χ2n) is 6.01. The van der Waals surface area contributed by atoms with Crippen LogP contribution in [-0.4, -0.2) is 35.8 Å². The largest absolute Gasteiger partial charge is 0.460 e. The Hall–Kier alpha value is -1.10. The maximum absolute atomic E-state index is 10.7. The maximum atomic E-state index is 10.7. The average molecular weight is 324 g/mol. The molecule has 0 heterocycles. The molecule has 0 fully saturated rings. The van der Waals surface area contributed by atoms with E-state index in [4.69, 9.17) is 14.6 Å². The molecule has 2 N–H and O–H groups in total. The van der Waals surface area contributed by atoms with Crippen molar-refractivity contribution in [1.29, 1.82) is 0 Å². The molecule has 1 aromatic rings. The van der Waals surface area contributed by atoms with Crippen LogP contribution >= 0.6 is 0 Å². The molecule has 1 aromatic carbocycles. The summed E-state index contributed by atoms with van der Waals surface area (Å²) in [4.78, 5) is 0. The fraction of sp³-hybridized carbons (Fsp3) is 0.684. The van der Waals surface area contributed by atoms with Gasteiger partial charge in [-0.05, 0) is 18.6 Å². The Morgan fingerprint density at radius 3 is 2.26 bits per heavy atom. The molecule has 4 heteroatoms. The molecule has 132 valence electrons. The van der Waals surface area contributed by atoms with Crippen molar-refractivity contribution in [3.8, 4) is 5.75 Å². The Bertz CT molecular complexity index is 382. The fourth-order valence-corrected chi connectivity index (χ4v) is 2.52. The van der Waals surface area contributed by atoms with Crippen LogP contribution in [0.1, 0.15) is 58.3 Å². The summed E-state index contributed by atoms with van der Waals surface area (Å²) in [5, 5.41) is 19.5. The number of unbranched alkanes of at least 4 members (excludes halogenated alkanes) is 6. The van der Waals surface area contributed by atoms with Crippen LogP contribution in [0.3, 0.4) is 0 Å². The summed E-state index contributed by atoms with van der Waals surface area (Å²) in [7, 11) is 0. The van der Waals surface area contributed by atoms with Crippen LogP contribution in [0, 0.1) is 0 Å². The average Bonchev–Trinajstić information content (AvgIpc) is 2.55. The number of aliphatic hydroxyl groups excluding tert-OH is 1. The molecule has 0 aromatic heterocycles. The second kappa shape index (κ2) is 12.3. The van der Waals surface area contributed by atoms with Crippen LogP contribution in [0.25, 0.3) is 0 Å². The summed E-state index contributed by atoms with van der Waals surface area (Å²) in [6, 6.07) is 9.30. The first-order chi connectivity index (χ1) is 11.2. The molecule has 0 spiro atoms. The fourth-order valence-electron chi connectivity index (χ4n) is 2.52. The Morgan fingerprint density at radius 2 is 1.61 bits per heavy atom. The van der Waals surface area contributed by atoms with E-state index in [9.17, 15) is 5.11 Å². The van der Waals surface area contributed by atoms with E-state index in [1.54, 1.807) is 0 Å². The lowest BCUT2D eigenvalue weighted by Crippen LogP contribution is -2.41. The standard InChI is InChI=1S/C19H32O4/c1-2-3-4-5-6-7-11-14-19(21,17-22-16-15-20)23-18-12-9-8-10-13-18/h8-10,12-13,20-21H,2-7,11,14-17H2,1H3. The summed E-state index contributed by atoms with van der Waals surface area (Å²) in [5.41, 5.74) is 0. The number of hydrogen-bond donors (Lipinski definition) is 2. The van der Waals surface area contributed by atoms with Gasteiger partial charge in [0, 0.05) is 6.42 Å². The Kier molecular flexibility index (Phi) is 10.7. The van der Waals surface area contributed by atoms with Crippen LogP contribution in [0.5, 0.6) is 5.75 Å². The van der Waals surface area contributed by atoms with Gasteiger partial charge in [-0.15, -0.1) is 0 Å². The highest BCUT2D eigenvalue weighted by atomic mass is 16.6. The zero-order valence-electron chi connectivity index (χ0n) is 14.4. The molecule has 1 rings (SSSR count). The Balaban J connectivity index is 2.38. The van der Waals surface area contributed by atoms with Crippen molar-refractivity contribution < 1.29 is 19.7 Å². The first-order valence-corrected chi connectivity index (χ1v) is 8.85.